The van der Waals surface area contributed by atoms with Crippen molar-refractivity contribution in [2.75, 3.05) is 7.11 Å². The topological polar surface area (TPSA) is 61.6 Å². The molecule has 0 fully saturated rings. The monoisotopic (exact) mass is 301 g/mol. The molecule has 0 radical (unpaired) electrons. The standard InChI is InChI=1S/C13H10F3NO4/c1-7-10(12(18)19-2)17-11(20-7)8-4-3-5-9(6-8)21-13(14,15)16/h3-6H,1-2H3. The zero-order valence-corrected chi connectivity index (χ0v) is 11.0. The van der Waals surface area contributed by atoms with Crippen LogP contribution in [0.1, 0.15) is 16.2 Å². The Bertz CT molecular complexity index is 664. The number of nitrogens with zero attached hydrogens (tertiary/aromatic N) is 1. The average molecular weight is 301 g/mol. The van der Waals surface area contributed by atoms with E-state index in [9.17, 15) is 18.0 Å². The zero-order chi connectivity index (χ0) is 15.6. The van der Waals surface area contributed by atoms with Crippen LogP contribution < -0.4 is 4.74 Å². The number of hydrogen-bond donors (Lipinski definition) is 0. The minimum Gasteiger partial charge on any atom is -0.464 e. The summed E-state index contributed by atoms with van der Waals surface area (Å²) in [6, 6.07) is 5.09. The molecule has 0 bridgehead atoms. The summed E-state index contributed by atoms with van der Waals surface area (Å²) in [5.74, 6) is -0.889. The van der Waals surface area contributed by atoms with Crippen molar-refractivity contribution in [3.63, 3.8) is 0 Å². The van der Waals surface area contributed by atoms with Crippen molar-refractivity contribution in [3.05, 3.63) is 35.7 Å². The van der Waals surface area contributed by atoms with Gasteiger partial charge in [-0.25, -0.2) is 9.78 Å². The highest BCUT2D eigenvalue weighted by Crippen LogP contribution is 2.28. The first-order valence-electron chi connectivity index (χ1n) is 5.72. The van der Waals surface area contributed by atoms with Gasteiger partial charge in [0, 0.05) is 5.56 Å². The lowest BCUT2D eigenvalue weighted by Crippen LogP contribution is -2.17. The summed E-state index contributed by atoms with van der Waals surface area (Å²) in [5, 5.41) is 0. The van der Waals surface area contributed by atoms with Gasteiger partial charge in [0.25, 0.3) is 0 Å². The summed E-state index contributed by atoms with van der Waals surface area (Å²) in [4.78, 5) is 15.3. The molecule has 0 aliphatic carbocycles. The van der Waals surface area contributed by atoms with E-state index in [0.29, 0.717) is 0 Å². The Kier molecular flexibility index (Phi) is 3.88. The molecular weight excluding hydrogens is 291 g/mol. The van der Waals surface area contributed by atoms with E-state index in [1.807, 2.05) is 0 Å². The van der Waals surface area contributed by atoms with Gasteiger partial charge in [-0.3, -0.25) is 0 Å². The highest BCUT2D eigenvalue weighted by Gasteiger charge is 2.31. The third kappa shape index (κ3) is 3.53. The van der Waals surface area contributed by atoms with Crippen molar-refractivity contribution in [1.29, 1.82) is 0 Å². The molecular formula is C13H10F3NO4. The molecule has 0 aliphatic heterocycles. The maximum absolute atomic E-state index is 12.2. The van der Waals surface area contributed by atoms with E-state index in [1.54, 1.807) is 0 Å². The lowest BCUT2D eigenvalue weighted by molar-refractivity contribution is -0.274. The van der Waals surface area contributed by atoms with Crippen LogP contribution in [0.2, 0.25) is 0 Å². The van der Waals surface area contributed by atoms with Gasteiger partial charge in [-0.05, 0) is 25.1 Å². The molecule has 8 heteroatoms. The van der Waals surface area contributed by atoms with E-state index in [-0.39, 0.29) is 22.9 Å². The molecule has 0 unspecified atom stereocenters. The Balaban J connectivity index is 2.34. The predicted octanol–water partition coefficient (Wildman–Crippen LogP) is 3.34. The molecule has 1 aromatic heterocycles. The van der Waals surface area contributed by atoms with Crippen LogP contribution in [0.3, 0.4) is 0 Å². The van der Waals surface area contributed by atoms with Crippen LogP contribution in [0, 0.1) is 6.92 Å². The minimum atomic E-state index is -4.79. The van der Waals surface area contributed by atoms with Crippen molar-refractivity contribution in [2.45, 2.75) is 13.3 Å². The van der Waals surface area contributed by atoms with Crippen LogP contribution in [0.5, 0.6) is 5.75 Å². The lowest BCUT2D eigenvalue weighted by atomic mass is 10.2. The van der Waals surface area contributed by atoms with Gasteiger partial charge in [0.1, 0.15) is 11.5 Å². The lowest BCUT2D eigenvalue weighted by Gasteiger charge is -2.08. The molecule has 0 saturated carbocycles. The first-order chi connectivity index (χ1) is 9.80. The Labute approximate surface area is 117 Å². The van der Waals surface area contributed by atoms with Gasteiger partial charge in [-0.15, -0.1) is 13.2 Å². The first kappa shape index (κ1) is 14.9. The second kappa shape index (κ2) is 5.47. The number of methoxy groups -OCH3 is 1. The van der Waals surface area contributed by atoms with Crippen LogP contribution in [-0.4, -0.2) is 24.4 Å². The number of halogens is 3. The second-order valence-corrected chi connectivity index (χ2v) is 3.99. The number of carbonyl (C=O) groups excluding carboxylic acids is 1. The summed E-state index contributed by atoms with van der Waals surface area (Å²) >= 11 is 0. The number of alkyl halides is 3. The summed E-state index contributed by atoms with van der Waals surface area (Å²) in [5.41, 5.74) is 0.213. The number of benzene rings is 1. The molecule has 1 aromatic carbocycles. The van der Waals surface area contributed by atoms with Gasteiger partial charge in [-0.2, -0.15) is 0 Å². The largest absolute Gasteiger partial charge is 0.573 e. The number of oxazole rings is 1. The van der Waals surface area contributed by atoms with Crippen molar-refractivity contribution >= 4 is 5.97 Å². The van der Waals surface area contributed by atoms with E-state index in [4.69, 9.17) is 4.42 Å². The molecule has 0 saturated heterocycles. The third-order valence-electron chi connectivity index (χ3n) is 2.49. The van der Waals surface area contributed by atoms with Gasteiger partial charge in [-0.1, -0.05) is 6.07 Å². The molecule has 112 valence electrons. The van der Waals surface area contributed by atoms with Gasteiger partial charge in [0.05, 0.1) is 7.11 Å². The van der Waals surface area contributed by atoms with Gasteiger partial charge in [0.2, 0.25) is 5.89 Å². The van der Waals surface area contributed by atoms with Gasteiger partial charge >= 0.3 is 12.3 Å². The van der Waals surface area contributed by atoms with E-state index >= 15 is 0 Å². The van der Waals surface area contributed by atoms with E-state index in [1.165, 1.54) is 26.2 Å². The average Bonchev–Trinajstić information content (AvgIpc) is 2.78. The Morgan fingerprint density at radius 1 is 1.33 bits per heavy atom. The summed E-state index contributed by atoms with van der Waals surface area (Å²) in [6.07, 6.45) is -4.79. The van der Waals surface area contributed by atoms with Crippen LogP contribution in [-0.2, 0) is 4.74 Å². The second-order valence-electron chi connectivity index (χ2n) is 3.99. The molecule has 0 amide bonds. The van der Waals surface area contributed by atoms with Gasteiger partial charge in [0.15, 0.2) is 5.69 Å². The highest BCUT2D eigenvalue weighted by molar-refractivity contribution is 5.88. The van der Waals surface area contributed by atoms with Crippen molar-refractivity contribution in [3.8, 4) is 17.2 Å². The zero-order valence-electron chi connectivity index (χ0n) is 11.0. The van der Waals surface area contributed by atoms with E-state index < -0.39 is 18.1 Å². The van der Waals surface area contributed by atoms with E-state index in [2.05, 4.69) is 14.5 Å². The normalized spacial score (nSPS) is 11.3. The summed E-state index contributed by atoms with van der Waals surface area (Å²) < 4.78 is 50.1. The molecule has 21 heavy (non-hydrogen) atoms. The number of aryl methyl sites for hydroxylation is 1. The highest BCUT2D eigenvalue weighted by atomic mass is 19.4. The van der Waals surface area contributed by atoms with Crippen LogP contribution in [0.25, 0.3) is 11.5 Å². The molecule has 0 aliphatic rings. The fourth-order valence-corrected chi connectivity index (χ4v) is 1.63. The summed E-state index contributed by atoms with van der Waals surface area (Å²) in [7, 11) is 1.19. The molecule has 1 heterocycles. The van der Waals surface area contributed by atoms with Crippen molar-refractivity contribution < 1.29 is 31.9 Å². The third-order valence-corrected chi connectivity index (χ3v) is 2.49. The number of esters is 1. The van der Waals surface area contributed by atoms with E-state index in [0.717, 1.165) is 12.1 Å². The Morgan fingerprint density at radius 2 is 2.05 bits per heavy atom. The van der Waals surface area contributed by atoms with Crippen LogP contribution in [0.4, 0.5) is 13.2 Å². The molecule has 0 N–H and O–H groups in total. The SMILES string of the molecule is COC(=O)c1nc(-c2cccc(OC(F)(F)F)c2)oc1C. The van der Waals surface area contributed by atoms with Crippen LogP contribution >= 0.6 is 0 Å². The maximum atomic E-state index is 12.2. The van der Waals surface area contributed by atoms with Gasteiger partial charge < -0.3 is 13.9 Å². The predicted molar refractivity (Wildman–Crippen MR) is 64.7 cm³/mol. The molecule has 0 atom stereocenters. The Morgan fingerprint density at radius 3 is 2.67 bits per heavy atom. The van der Waals surface area contributed by atoms with Crippen LogP contribution in [0.15, 0.2) is 28.7 Å². The minimum absolute atomic E-state index is 0.000486. The smallest absolute Gasteiger partial charge is 0.464 e. The number of hydrogen-bond acceptors (Lipinski definition) is 5. The molecule has 5 nitrogen and oxygen atoms in total. The first-order valence-corrected chi connectivity index (χ1v) is 5.72. The quantitative estimate of drug-likeness (QED) is 0.814. The fourth-order valence-electron chi connectivity index (χ4n) is 1.63. The number of rotatable bonds is 3. The Hall–Kier alpha value is -2.51. The molecule has 2 aromatic rings. The summed E-state index contributed by atoms with van der Waals surface area (Å²) in [6.45, 7) is 1.50. The molecule has 0 spiro atoms. The number of aromatic nitrogens is 1. The fraction of sp³-hybridized carbons (Fsp3) is 0.231. The maximum Gasteiger partial charge on any atom is 0.573 e. The number of ether oxygens (including phenoxy) is 2. The van der Waals surface area contributed by atoms with Crippen molar-refractivity contribution in [1.82, 2.24) is 4.98 Å². The van der Waals surface area contributed by atoms with Crippen molar-refractivity contribution in [2.24, 2.45) is 0 Å². The molecule has 2 rings (SSSR count). The number of carbonyl (C=O) groups is 1.